The molecule has 0 spiro atoms. The van der Waals surface area contributed by atoms with E-state index in [9.17, 15) is 9.90 Å². The second-order valence-electron chi connectivity index (χ2n) is 11.0. The number of carbonyl (C=O) groups is 1. The van der Waals surface area contributed by atoms with Crippen LogP contribution in [-0.4, -0.2) is 21.0 Å². The maximum absolute atomic E-state index is 11.6. The van der Waals surface area contributed by atoms with E-state index in [1.165, 1.54) is 11.1 Å². The highest BCUT2D eigenvalue weighted by Gasteiger charge is 2.29. The number of carboxylic acid groups (broad SMARTS) is 1. The molecule has 0 atom stereocenters. The first-order chi connectivity index (χ1) is 20.0. The largest absolute Gasteiger partial charge is 0.481 e. The van der Waals surface area contributed by atoms with E-state index in [0.29, 0.717) is 6.42 Å². The Kier molecular flexibility index (Phi) is 7.30. The molecule has 0 aliphatic carbocycles. The highest BCUT2D eigenvalue weighted by atomic mass is 16.4. The Morgan fingerprint density at radius 3 is 1.49 bits per heavy atom. The van der Waals surface area contributed by atoms with Gasteiger partial charge in [-0.15, -0.1) is 0 Å². The Hall–Kier alpha value is -4.83. The average molecular weight is 537 g/mol. The molecule has 6 rings (SSSR count). The van der Waals surface area contributed by atoms with Crippen LogP contribution in [0.5, 0.6) is 0 Å². The Morgan fingerprint density at radius 2 is 1.05 bits per heavy atom. The smallest absolute Gasteiger partial charge is 0.303 e. The Labute approximate surface area is 240 Å². The van der Waals surface area contributed by atoms with E-state index >= 15 is 0 Å². The summed E-state index contributed by atoms with van der Waals surface area (Å²) in [4.78, 5) is 21.2. The molecule has 202 valence electrons. The number of carboxylic acids is 1. The van der Waals surface area contributed by atoms with Gasteiger partial charge in [-0.05, 0) is 52.9 Å². The Balaban J connectivity index is 1.23. The summed E-state index contributed by atoms with van der Waals surface area (Å²) in [5.41, 5.74) is 8.20. The zero-order chi connectivity index (χ0) is 28.2. The van der Waals surface area contributed by atoms with Crippen LogP contribution in [0.25, 0.3) is 21.8 Å². The SMILES string of the molecule is CC(CCC(=O)O)(c1ccc(Cc2ccc3ccccc3n2)cc1)c1ccc(Cc2ccc3ccccc3n2)cc1. The van der Waals surface area contributed by atoms with Crippen molar-refractivity contribution in [2.24, 2.45) is 0 Å². The zero-order valence-corrected chi connectivity index (χ0v) is 23.1. The van der Waals surface area contributed by atoms with Crippen LogP contribution >= 0.6 is 0 Å². The fraction of sp³-hybridized carbons (Fsp3) is 0.162. The summed E-state index contributed by atoms with van der Waals surface area (Å²) in [6.45, 7) is 2.15. The van der Waals surface area contributed by atoms with Crippen molar-refractivity contribution < 1.29 is 9.90 Å². The molecule has 0 saturated heterocycles. The molecule has 0 fully saturated rings. The van der Waals surface area contributed by atoms with Crippen LogP contribution in [0.15, 0.2) is 121 Å². The number of hydrogen-bond acceptors (Lipinski definition) is 3. The number of rotatable bonds is 9. The van der Waals surface area contributed by atoms with Gasteiger partial charge in [-0.25, -0.2) is 0 Å². The van der Waals surface area contributed by atoms with Gasteiger partial charge in [0.05, 0.1) is 11.0 Å². The molecule has 2 aromatic heterocycles. The van der Waals surface area contributed by atoms with Gasteiger partial charge in [0.2, 0.25) is 0 Å². The first-order valence-electron chi connectivity index (χ1n) is 14.1. The molecule has 1 N–H and O–H groups in total. The molecule has 4 aromatic carbocycles. The van der Waals surface area contributed by atoms with Crippen LogP contribution in [0.4, 0.5) is 0 Å². The van der Waals surface area contributed by atoms with Crippen LogP contribution in [0.3, 0.4) is 0 Å². The van der Waals surface area contributed by atoms with Crippen molar-refractivity contribution in [2.45, 2.75) is 38.0 Å². The second kappa shape index (κ2) is 11.3. The van der Waals surface area contributed by atoms with Gasteiger partial charge in [-0.2, -0.15) is 0 Å². The van der Waals surface area contributed by atoms with Crippen LogP contribution in [-0.2, 0) is 23.1 Å². The third kappa shape index (κ3) is 5.87. The number of benzene rings is 4. The van der Waals surface area contributed by atoms with Crippen molar-refractivity contribution in [3.8, 4) is 0 Å². The van der Waals surface area contributed by atoms with Crippen molar-refractivity contribution in [1.29, 1.82) is 0 Å². The van der Waals surface area contributed by atoms with Crippen molar-refractivity contribution >= 4 is 27.8 Å². The maximum atomic E-state index is 11.6. The lowest BCUT2D eigenvalue weighted by Gasteiger charge is -2.31. The number of nitrogens with zero attached hydrogens (tertiary/aromatic N) is 2. The molecule has 0 aliphatic heterocycles. The van der Waals surface area contributed by atoms with Gasteiger partial charge < -0.3 is 5.11 Å². The molecule has 0 bridgehead atoms. The summed E-state index contributed by atoms with van der Waals surface area (Å²) in [5, 5.41) is 11.8. The van der Waals surface area contributed by atoms with Gasteiger partial charge >= 0.3 is 5.97 Å². The molecule has 0 saturated carbocycles. The van der Waals surface area contributed by atoms with E-state index in [1.807, 2.05) is 36.4 Å². The average Bonchev–Trinajstić information content (AvgIpc) is 3.00. The number of pyridine rings is 2. The lowest BCUT2D eigenvalue weighted by molar-refractivity contribution is -0.137. The summed E-state index contributed by atoms with van der Waals surface area (Å²) in [6, 6.07) is 41.9. The summed E-state index contributed by atoms with van der Waals surface area (Å²) < 4.78 is 0. The monoisotopic (exact) mass is 536 g/mol. The number of aliphatic carboxylic acids is 1. The van der Waals surface area contributed by atoms with E-state index in [0.717, 1.165) is 57.2 Å². The minimum Gasteiger partial charge on any atom is -0.481 e. The molecule has 41 heavy (non-hydrogen) atoms. The lowest BCUT2D eigenvalue weighted by atomic mass is 9.72. The molecular weight excluding hydrogens is 504 g/mol. The second-order valence-corrected chi connectivity index (χ2v) is 11.0. The van der Waals surface area contributed by atoms with Gasteiger partial charge in [-0.3, -0.25) is 14.8 Å². The summed E-state index contributed by atoms with van der Waals surface area (Å²) >= 11 is 0. The third-order valence-corrected chi connectivity index (χ3v) is 8.10. The third-order valence-electron chi connectivity index (χ3n) is 8.10. The van der Waals surface area contributed by atoms with E-state index in [2.05, 4.69) is 91.9 Å². The van der Waals surface area contributed by atoms with E-state index in [4.69, 9.17) is 9.97 Å². The highest BCUT2D eigenvalue weighted by molar-refractivity contribution is 5.79. The van der Waals surface area contributed by atoms with E-state index < -0.39 is 11.4 Å². The number of aromatic nitrogens is 2. The standard InChI is InChI=1S/C37H32N2O2/c1-37(23-22-36(40)41,30-16-10-26(11-17-30)24-32-20-14-28-6-2-4-8-34(28)38-32)31-18-12-27(13-19-31)25-33-21-15-29-7-3-5-9-35(29)39-33/h2-21H,22-25H2,1H3,(H,40,41). The minimum atomic E-state index is -0.783. The molecule has 0 amide bonds. The van der Waals surface area contributed by atoms with Gasteiger partial charge in [0.1, 0.15) is 0 Å². The first kappa shape index (κ1) is 26.4. The minimum absolute atomic E-state index is 0.0992. The van der Waals surface area contributed by atoms with Gasteiger partial charge in [0, 0.05) is 46.8 Å². The quantitative estimate of drug-likeness (QED) is 0.203. The topological polar surface area (TPSA) is 63.1 Å². The van der Waals surface area contributed by atoms with Crippen molar-refractivity contribution in [3.05, 3.63) is 155 Å². The predicted molar refractivity (Wildman–Crippen MR) is 165 cm³/mol. The first-order valence-corrected chi connectivity index (χ1v) is 14.1. The fourth-order valence-corrected chi connectivity index (χ4v) is 5.62. The van der Waals surface area contributed by atoms with Crippen molar-refractivity contribution in [1.82, 2.24) is 9.97 Å². The molecule has 0 unspecified atom stereocenters. The predicted octanol–water partition coefficient (Wildman–Crippen LogP) is 8.14. The lowest BCUT2D eigenvalue weighted by Crippen LogP contribution is -2.25. The maximum Gasteiger partial charge on any atom is 0.303 e. The number of fused-ring (bicyclic) bond motifs is 2. The normalized spacial score (nSPS) is 11.6. The van der Waals surface area contributed by atoms with Crippen molar-refractivity contribution in [2.75, 3.05) is 0 Å². The summed E-state index contributed by atoms with van der Waals surface area (Å²) in [5.74, 6) is -0.783. The van der Waals surface area contributed by atoms with Crippen LogP contribution in [0, 0.1) is 0 Å². The number of para-hydroxylation sites is 2. The van der Waals surface area contributed by atoms with Gasteiger partial charge in [-0.1, -0.05) is 104 Å². The molecule has 6 aromatic rings. The van der Waals surface area contributed by atoms with E-state index in [-0.39, 0.29) is 6.42 Å². The van der Waals surface area contributed by atoms with Crippen LogP contribution in [0.2, 0.25) is 0 Å². The molecule has 2 heterocycles. The van der Waals surface area contributed by atoms with Crippen molar-refractivity contribution in [3.63, 3.8) is 0 Å². The van der Waals surface area contributed by atoms with Gasteiger partial charge in [0.25, 0.3) is 0 Å². The summed E-state index contributed by atoms with van der Waals surface area (Å²) in [6.07, 6.45) is 2.10. The van der Waals surface area contributed by atoms with Gasteiger partial charge in [0.15, 0.2) is 0 Å². The molecular formula is C37H32N2O2. The van der Waals surface area contributed by atoms with E-state index in [1.54, 1.807) is 0 Å². The van der Waals surface area contributed by atoms with Crippen LogP contribution in [0.1, 0.15) is 53.4 Å². The Morgan fingerprint density at radius 1 is 0.610 bits per heavy atom. The number of hydrogen-bond donors (Lipinski definition) is 1. The summed E-state index contributed by atoms with van der Waals surface area (Å²) in [7, 11) is 0. The van der Waals surface area contributed by atoms with Crippen LogP contribution < -0.4 is 0 Å². The molecule has 4 heteroatoms. The molecule has 4 nitrogen and oxygen atoms in total. The zero-order valence-electron chi connectivity index (χ0n) is 23.1. The highest BCUT2D eigenvalue weighted by Crippen LogP contribution is 2.37. The molecule has 0 aliphatic rings. The molecule has 0 radical (unpaired) electrons. The fourth-order valence-electron chi connectivity index (χ4n) is 5.62. The Bertz CT molecular complexity index is 1700.